The van der Waals surface area contributed by atoms with Crippen molar-refractivity contribution in [3.63, 3.8) is 0 Å². The predicted octanol–water partition coefficient (Wildman–Crippen LogP) is 21.1. The van der Waals surface area contributed by atoms with Crippen LogP contribution in [0.15, 0.2) is 36.5 Å². The lowest BCUT2D eigenvalue weighted by Crippen LogP contribution is -2.45. The van der Waals surface area contributed by atoms with E-state index in [1.807, 2.05) is 0 Å². The summed E-state index contributed by atoms with van der Waals surface area (Å²) in [5.74, 6) is -0.0316. The highest BCUT2D eigenvalue weighted by Gasteiger charge is 2.20. The molecule has 0 saturated carbocycles. The van der Waals surface area contributed by atoms with Crippen molar-refractivity contribution in [2.45, 2.75) is 373 Å². The van der Waals surface area contributed by atoms with Gasteiger partial charge < -0.3 is 20.3 Å². The van der Waals surface area contributed by atoms with Crippen LogP contribution in [0.2, 0.25) is 0 Å². The molecule has 2 atom stereocenters. The number of aliphatic hydroxyl groups is 2. The number of amides is 1. The van der Waals surface area contributed by atoms with Gasteiger partial charge in [-0.05, 0) is 77.0 Å². The van der Waals surface area contributed by atoms with Crippen LogP contribution in [0, 0.1) is 0 Å². The number of hydrogen-bond acceptors (Lipinski definition) is 5. The summed E-state index contributed by atoms with van der Waals surface area (Å²) in [6, 6.07) is -0.541. The third-order valence-electron chi connectivity index (χ3n) is 15.4. The molecule has 0 aliphatic heterocycles. The van der Waals surface area contributed by atoms with Crippen molar-refractivity contribution >= 4 is 11.9 Å². The van der Waals surface area contributed by atoms with Crippen LogP contribution in [0.3, 0.4) is 0 Å². The molecule has 0 spiro atoms. The fraction of sp³-hybridized carbons (Fsp3) is 0.882. The summed E-state index contributed by atoms with van der Waals surface area (Å²) in [7, 11) is 0. The van der Waals surface area contributed by atoms with Gasteiger partial charge in [-0.3, -0.25) is 9.59 Å². The molecule has 1 amide bonds. The Kier molecular flexibility index (Phi) is 62.0. The number of rotatable bonds is 62. The summed E-state index contributed by atoms with van der Waals surface area (Å²) in [6.45, 7) is 4.93. The van der Waals surface area contributed by atoms with Gasteiger partial charge in [0.1, 0.15) is 0 Å². The lowest BCUT2D eigenvalue weighted by Gasteiger charge is -2.22. The number of carbonyl (C=O) groups is 2. The fourth-order valence-corrected chi connectivity index (χ4v) is 10.3. The van der Waals surface area contributed by atoms with Crippen LogP contribution in [0.4, 0.5) is 0 Å². The first kappa shape index (κ1) is 72.1. The molecule has 0 aromatic heterocycles. The Balaban J connectivity index is 3.38. The van der Waals surface area contributed by atoms with E-state index >= 15 is 0 Å². The molecule has 0 radical (unpaired) electrons. The average Bonchev–Trinajstić information content (AvgIpc) is 3.40. The number of allylic oxidation sites excluding steroid dienone is 6. The second-order valence-corrected chi connectivity index (χ2v) is 22.8. The summed E-state index contributed by atoms with van der Waals surface area (Å²) in [4.78, 5) is 24.5. The lowest BCUT2D eigenvalue weighted by atomic mass is 10.0. The Bertz CT molecular complexity index is 1200. The van der Waals surface area contributed by atoms with Crippen molar-refractivity contribution in [3.05, 3.63) is 36.5 Å². The molecule has 74 heavy (non-hydrogen) atoms. The van der Waals surface area contributed by atoms with E-state index in [-0.39, 0.29) is 18.5 Å². The van der Waals surface area contributed by atoms with Crippen molar-refractivity contribution in [1.82, 2.24) is 5.32 Å². The molecule has 0 fully saturated rings. The first-order valence-electron chi connectivity index (χ1n) is 33.2. The maximum atomic E-state index is 12.5. The van der Waals surface area contributed by atoms with E-state index in [1.54, 1.807) is 0 Å². The molecule has 0 aliphatic carbocycles. The summed E-state index contributed by atoms with van der Waals surface area (Å²) < 4.78 is 5.48. The van der Waals surface area contributed by atoms with Gasteiger partial charge in [0, 0.05) is 12.8 Å². The largest absolute Gasteiger partial charge is 0.466 e. The lowest BCUT2D eigenvalue weighted by molar-refractivity contribution is -0.143. The normalized spacial score (nSPS) is 12.8. The number of hydrogen-bond donors (Lipinski definition) is 3. The molecular formula is C68H129NO5. The third-order valence-corrected chi connectivity index (χ3v) is 15.4. The molecule has 2 unspecified atom stereocenters. The highest BCUT2D eigenvalue weighted by Crippen LogP contribution is 2.18. The zero-order valence-corrected chi connectivity index (χ0v) is 49.8. The number of nitrogens with one attached hydrogen (secondary N) is 1. The van der Waals surface area contributed by atoms with Gasteiger partial charge in [0.2, 0.25) is 5.91 Å². The quantitative estimate of drug-likeness (QED) is 0.0320. The fourth-order valence-electron chi connectivity index (χ4n) is 10.3. The second kappa shape index (κ2) is 63.6. The number of unbranched alkanes of at least 4 members (excludes halogenated alkanes) is 45. The van der Waals surface area contributed by atoms with Crippen LogP contribution in [-0.2, 0) is 14.3 Å². The minimum atomic E-state index is -0.664. The molecule has 6 nitrogen and oxygen atoms in total. The van der Waals surface area contributed by atoms with E-state index in [0.29, 0.717) is 25.9 Å². The summed E-state index contributed by atoms with van der Waals surface area (Å²) in [5, 5.41) is 23.3. The van der Waals surface area contributed by atoms with E-state index in [1.165, 1.54) is 276 Å². The Morgan fingerprint density at radius 3 is 1.08 bits per heavy atom. The van der Waals surface area contributed by atoms with Crippen molar-refractivity contribution in [2.75, 3.05) is 13.2 Å². The van der Waals surface area contributed by atoms with E-state index in [4.69, 9.17) is 4.74 Å². The third kappa shape index (κ3) is 59.3. The zero-order chi connectivity index (χ0) is 53.6. The highest BCUT2D eigenvalue weighted by atomic mass is 16.5. The van der Waals surface area contributed by atoms with Crippen LogP contribution >= 0.6 is 0 Å². The van der Waals surface area contributed by atoms with Crippen LogP contribution in [-0.4, -0.2) is 47.4 Å². The summed E-state index contributed by atoms with van der Waals surface area (Å²) >= 11 is 0. The molecule has 0 aromatic carbocycles. The molecule has 0 rings (SSSR count). The van der Waals surface area contributed by atoms with E-state index in [2.05, 4.69) is 55.6 Å². The van der Waals surface area contributed by atoms with Crippen molar-refractivity contribution in [2.24, 2.45) is 0 Å². The Labute approximate surface area is 462 Å². The molecule has 436 valence electrons. The van der Waals surface area contributed by atoms with Crippen LogP contribution in [0.25, 0.3) is 0 Å². The van der Waals surface area contributed by atoms with Crippen molar-refractivity contribution < 1.29 is 24.5 Å². The first-order chi connectivity index (χ1) is 36.5. The molecule has 0 bridgehead atoms. The van der Waals surface area contributed by atoms with Crippen LogP contribution < -0.4 is 5.32 Å². The van der Waals surface area contributed by atoms with Gasteiger partial charge in [0.25, 0.3) is 0 Å². The maximum absolute atomic E-state index is 12.5. The smallest absolute Gasteiger partial charge is 0.305 e. The van der Waals surface area contributed by atoms with Crippen molar-refractivity contribution in [3.8, 4) is 0 Å². The molecule has 3 N–H and O–H groups in total. The number of esters is 1. The molecule has 0 saturated heterocycles. The molecule has 0 aliphatic rings. The minimum absolute atomic E-state index is 0.00132. The second-order valence-electron chi connectivity index (χ2n) is 22.8. The van der Waals surface area contributed by atoms with Crippen molar-refractivity contribution in [1.29, 1.82) is 0 Å². The summed E-state index contributed by atoms with van der Waals surface area (Å²) in [5.41, 5.74) is 0. The van der Waals surface area contributed by atoms with E-state index in [9.17, 15) is 19.8 Å². The van der Waals surface area contributed by atoms with E-state index in [0.717, 1.165) is 51.4 Å². The summed E-state index contributed by atoms with van der Waals surface area (Å²) in [6.07, 6.45) is 80.3. The van der Waals surface area contributed by atoms with Crippen LogP contribution in [0.1, 0.15) is 361 Å². The minimum Gasteiger partial charge on any atom is -0.466 e. The molecule has 0 aromatic rings. The average molecular weight is 1040 g/mol. The maximum Gasteiger partial charge on any atom is 0.305 e. The van der Waals surface area contributed by atoms with Gasteiger partial charge in [0.15, 0.2) is 0 Å². The van der Waals surface area contributed by atoms with Gasteiger partial charge in [-0.2, -0.15) is 0 Å². The molecule has 0 heterocycles. The first-order valence-corrected chi connectivity index (χ1v) is 33.2. The van der Waals surface area contributed by atoms with Crippen LogP contribution in [0.5, 0.6) is 0 Å². The van der Waals surface area contributed by atoms with Gasteiger partial charge in [-0.1, -0.05) is 307 Å². The predicted molar refractivity (Wildman–Crippen MR) is 324 cm³/mol. The SMILES string of the molecule is CCCC/C=C\C/C=C\CCCCCCCC(=O)OCCCCCCCCCCCCCC/C=C\CCCCCCCCCCCCCCC(=O)NC(CO)C(O)CCCCCCCCCCCCCCCCC. The van der Waals surface area contributed by atoms with Gasteiger partial charge in [0.05, 0.1) is 25.4 Å². The standard InChI is InChI=1S/C68H129NO5/c1-3-5-7-9-11-13-15-17-33-36-40-44-48-52-56-60-66(71)65(64-70)69-67(72)61-57-53-49-45-41-37-34-31-29-27-25-23-21-19-20-22-24-26-28-30-32-35-39-43-47-51-55-59-63-74-68(73)62-58-54-50-46-42-38-18-16-14-12-10-8-6-4-2/h10,12,16,18-20,65-66,70-71H,3-9,11,13-15,17,21-64H2,1-2H3,(H,69,72)/b12-10-,18-16-,20-19-. The number of aliphatic hydroxyl groups excluding tert-OH is 2. The Morgan fingerprint density at radius 2 is 0.689 bits per heavy atom. The van der Waals surface area contributed by atoms with Gasteiger partial charge in [-0.15, -0.1) is 0 Å². The molecular weight excluding hydrogens is 911 g/mol. The highest BCUT2D eigenvalue weighted by molar-refractivity contribution is 5.76. The van der Waals surface area contributed by atoms with Gasteiger partial charge >= 0.3 is 5.97 Å². The number of ether oxygens (including phenoxy) is 1. The Hall–Kier alpha value is -1.92. The zero-order valence-electron chi connectivity index (χ0n) is 49.8. The van der Waals surface area contributed by atoms with Gasteiger partial charge in [-0.25, -0.2) is 0 Å². The topological polar surface area (TPSA) is 95.9 Å². The Morgan fingerprint density at radius 1 is 0.378 bits per heavy atom. The number of carbonyl (C=O) groups excluding carboxylic acids is 2. The monoisotopic (exact) mass is 1040 g/mol. The molecule has 6 heteroatoms. The van der Waals surface area contributed by atoms with E-state index < -0.39 is 12.1 Å².